The number of nitrogens with zero attached hydrogens (tertiary/aromatic N) is 3. The molecule has 0 saturated heterocycles. The molecule has 6 nitrogen and oxygen atoms in total. The first-order chi connectivity index (χ1) is 11.7. The molecule has 0 spiro atoms. The third-order valence-electron chi connectivity index (χ3n) is 5.58. The van der Waals surface area contributed by atoms with Gasteiger partial charge in [0.25, 0.3) is 0 Å². The molecule has 2 unspecified atom stereocenters. The fraction of sp³-hybridized carbons (Fsp3) is 0.684. The predicted molar refractivity (Wildman–Crippen MR) is 104 cm³/mol. The highest BCUT2D eigenvalue weighted by Gasteiger charge is 2.58. The number of guanidine groups is 1. The molecule has 2 N–H and O–H groups in total. The van der Waals surface area contributed by atoms with Crippen molar-refractivity contribution in [2.24, 2.45) is 10.4 Å². The lowest BCUT2D eigenvalue weighted by Crippen LogP contribution is -2.69. The summed E-state index contributed by atoms with van der Waals surface area (Å²) < 4.78 is 5.71. The van der Waals surface area contributed by atoms with Gasteiger partial charge in [-0.2, -0.15) is 0 Å². The van der Waals surface area contributed by atoms with E-state index in [1.54, 1.807) is 7.11 Å². The summed E-state index contributed by atoms with van der Waals surface area (Å²) in [6.07, 6.45) is 0.968. The van der Waals surface area contributed by atoms with Crippen LogP contribution in [0.25, 0.3) is 0 Å². The summed E-state index contributed by atoms with van der Waals surface area (Å²) in [6, 6.07) is 6.36. The second-order valence-electron chi connectivity index (χ2n) is 7.63. The fourth-order valence-electron chi connectivity index (χ4n) is 3.17. The minimum atomic E-state index is -0.0937. The smallest absolute Gasteiger partial charge is 0.191 e. The number of rotatable bonds is 6. The van der Waals surface area contributed by atoms with E-state index in [4.69, 9.17) is 9.73 Å². The lowest BCUT2D eigenvalue weighted by molar-refractivity contribution is -0.176. The number of aliphatic imine (C=N–C) groups is 1. The molecule has 0 aromatic carbocycles. The Bertz CT molecular complexity index is 614. The van der Waals surface area contributed by atoms with Crippen LogP contribution in [-0.4, -0.2) is 50.3 Å². The van der Waals surface area contributed by atoms with Crippen LogP contribution in [-0.2, 0) is 11.3 Å². The molecule has 25 heavy (non-hydrogen) atoms. The van der Waals surface area contributed by atoms with E-state index in [1.807, 2.05) is 37.2 Å². The van der Waals surface area contributed by atoms with Gasteiger partial charge in [-0.25, -0.2) is 9.98 Å². The van der Waals surface area contributed by atoms with Gasteiger partial charge in [0.05, 0.1) is 17.8 Å². The quantitative estimate of drug-likeness (QED) is 0.611. The fourth-order valence-corrected chi connectivity index (χ4v) is 3.17. The average Bonchev–Trinajstić information content (AvgIpc) is 2.59. The summed E-state index contributed by atoms with van der Waals surface area (Å²) in [5, 5.41) is 6.89. The highest BCUT2D eigenvalue weighted by molar-refractivity contribution is 5.80. The van der Waals surface area contributed by atoms with Gasteiger partial charge in [0.1, 0.15) is 5.82 Å². The normalized spacial score (nSPS) is 25.2. The molecule has 0 bridgehead atoms. The molecule has 1 aromatic rings. The van der Waals surface area contributed by atoms with Crippen molar-refractivity contribution in [1.29, 1.82) is 0 Å². The van der Waals surface area contributed by atoms with Crippen LogP contribution in [0.4, 0.5) is 5.82 Å². The third kappa shape index (κ3) is 4.06. The topological polar surface area (TPSA) is 61.8 Å². The predicted octanol–water partition coefficient (Wildman–Crippen LogP) is 2.41. The Labute approximate surface area is 152 Å². The Kier molecular flexibility index (Phi) is 5.93. The molecular weight excluding hydrogens is 314 g/mol. The van der Waals surface area contributed by atoms with E-state index in [0.29, 0.717) is 12.6 Å². The molecule has 1 aliphatic carbocycles. The van der Waals surface area contributed by atoms with Crippen LogP contribution in [0.1, 0.15) is 39.8 Å². The van der Waals surface area contributed by atoms with Crippen molar-refractivity contribution in [3.8, 4) is 0 Å². The van der Waals surface area contributed by atoms with Crippen molar-refractivity contribution >= 4 is 11.8 Å². The third-order valence-corrected chi connectivity index (χ3v) is 5.58. The van der Waals surface area contributed by atoms with Crippen LogP contribution in [0, 0.1) is 5.41 Å². The molecule has 6 heteroatoms. The van der Waals surface area contributed by atoms with Gasteiger partial charge in [-0.1, -0.05) is 19.9 Å². The van der Waals surface area contributed by atoms with Crippen molar-refractivity contribution in [2.45, 2.75) is 52.3 Å². The standard InChI is InChI=1S/C19H33N5O/c1-8-20-17(23-15-12-19(4,25-7)18(15,2)3)21-13-14-10-9-11-16(22-14)24(5)6/h9-11,15H,8,12-13H2,1-7H3,(H2,20,21,23). The van der Waals surface area contributed by atoms with Gasteiger partial charge in [-0.05, 0) is 32.4 Å². The Morgan fingerprint density at radius 3 is 2.64 bits per heavy atom. The molecule has 1 saturated carbocycles. The van der Waals surface area contributed by atoms with E-state index < -0.39 is 0 Å². The van der Waals surface area contributed by atoms with E-state index in [0.717, 1.165) is 30.4 Å². The Balaban J connectivity index is 2.06. The monoisotopic (exact) mass is 347 g/mol. The average molecular weight is 348 g/mol. The molecule has 1 fully saturated rings. The first kappa shape index (κ1) is 19.5. The highest BCUT2D eigenvalue weighted by Crippen LogP contribution is 2.51. The Morgan fingerprint density at radius 1 is 1.36 bits per heavy atom. The number of anilines is 1. The number of pyridine rings is 1. The zero-order chi connectivity index (χ0) is 18.7. The second kappa shape index (κ2) is 7.60. The van der Waals surface area contributed by atoms with E-state index >= 15 is 0 Å². The van der Waals surface area contributed by atoms with Gasteiger partial charge in [-0.15, -0.1) is 0 Å². The highest BCUT2D eigenvalue weighted by atomic mass is 16.5. The SMILES string of the molecule is CCNC(=NCc1cccc(N(C)C)n1)NC1CC(C)(OC)C1(C)C. The van der Waals surface area contributed by atoms with Crippen LogP contribution in [0.2, 0.25) is 0 Å². The van der Waals surface area contributed by atoms with Crippen LogP contribution in [0.15, 0.2) is 23.2 Å². The van der Waals surface area contributed by atoms with E-state index in [9.17, 15) is 0 Å². The maximum atomic E-state index is 5.71. The number of aromatic nitrogens is 1. The van der Waals surface area contributed by atoms with Crippen LogP contribution in [0.5, 0.6) is 0 Å². The minimum absolute atomic E-state index is 0.0427. The van der Waals surface area contributed by atoms with Gasteiger partial charge in [0, 0.05) is 39.2 Å². The van der Waals surface area contributed by atoms with Gasteiger partial charge < -0.3 is 20.3 Å². The molecule has 0 aliphatic heterocycles. The summed E-state index contributed by atoms with van der Waals surface area (Å²) in [5.41, 5.74) is 0.906. The van der Waals surface area contributed by atoms with Crippen LogP contribution >= 0.6 is 0 Å². The van der Waals surface area contributed by atoms with Crippen molar-refractivity contribution in [2.75, 3.05) is 32.6 Å². The molecule has 1 heterocycles. The number of nitrogens with one attached hydrogen (secondary N) is 2. The number of hydrogen-bond donors (Lipinski definition) is 2. The molecule has 2 atom stereocenters. The molecule has 0 radical (unpaired) electrons. The molecule has 0 amide bonds. The molecular formula is C19H33N5O. The lowest BCUT2D eigenvalue weighted by atomic mass is 9.56. The Hall–Kier alpha value is -1.82. The van der Waals surface area contributed by atoms with Crippen molar-refractivity contribution in [3.05, 3.63) is 23.9 Å². The van der Waals surface area contributed by atoms with Crippen LogP contribution < -0.4 is 15.5 Å². The first-order valence-corrected chi connectivity index (χ1v) is 8.96. The number of ether oxygens (including phenoxy) is 1. The molecule has 2 rings (SSSR count). The largest absolute Gasteiger partial charge is 0.378 e. The van der Waals surface area contributed by atoms with Crippen molar-refractivity contribution in [1.82, 2.24) is 15.6 Å². The van der Waals surface area contributed by atoms with Gasteiger partial charge in [-0.3, -0.25) is 0 Å². The van der Waals surface area contributed by atoms with Crippen LogP contribution in [0.3, 0.4) is 0 Å². The molecule has 1 aliphatic rings. The number of methoxy groups -OCH3 is 1. The number of hydrogen-bond acceptors (Lipinski definition) is 4. The summed E-state index contributed by atoms with van der Waals surface area (Å²) >= 11 is 0. The van der Waals surface area contributed by atoms with Crippen molar-refractivity contribution in [3.63, 3.8) is 0 Å². The maximum absolute atomic E-state index is 5.71. The summed E-state index contributed by atoms with van der Waals surface area (Å²) in [6.45, 7) is 10.1. The molecule has 140 valence electrons. The summed E-state index contributed by atoms with van der Waals surface area (Å²) in [7, 11) is 5.78. The minimum Gasteiger partial charge on any atom is -0.378 e. The molecule has 1 aromatic heterocycles. The zero-order valence-electron chi connectivity index (χ0n) is 16.7. The maximum Gasteiger partial charge on any atom is 0.191 e. The zero-order valence-corrected chi connectivity index (χ0v) is 16.7. The van der Waals surface area contributed by atoms with Gasteiger partial charge in [0.2, 0.25) is 0 Å². The summed E-state index contributed by atoms with van der Waals surface area (Å²) in [5.74, 6) is 1.78. The van der Waals surface area contributed by atoms with Crippen molar-refractivity contribution < 1.29 is 4.74 Å². The lowest BCUT2D eigenvalue weighted by Gasteiger charge is -2.59. The second-order valence-corrected chi connectivity index (χ2v) is 7.63. The van der Waals surface area contributed by atoms with E-state index in [1.165, 1.54) is 0 Å². The Morgan fingerprint density at radius 2 is 2.08 bits per heavy atom. The van der Waals surface area contributed by atoms with Gasteiger partial charge in [0.15, 0.2) is 5.96 Å². The van der Waals surface area contributed by atoms with Gasteiger partial charge >= 0.3 is 0 Å². The summed E-state index contributed by atoms with van der Waals surface area (Å²) in [4.78, 5) is 11.3. The first-order valence-electron chi connectivity index (χ1n) is 8.96. The van der Waals surface area contributed by atoms with E-state index in [-0.39, 0.29) is 11.0 Å². The van der Waals surface area contributed by atoms with E-state index in [2.05, 4.69) is 43.3 Å².